The molecule has 0 radical (unpaired) electrons. The lowest BCUT2D eigenvalue weighted by Crippen LogP contribution is -2.20. The molecular formula is C15H19N3O2S. The van der Waals surface area contributed by atoms with Gasteiger partial charge in [-0.15, -0.1) is 0 Å². The Kier molecular flexibility index (Phi) is 4.90. The maximum absolute atomic E-state index is 12.0. The third-order valence-corrected chi connectivity index (χ3v) is 3.74. The smallest absolute Gasteiger partial charge is 0.255 e. The monoisotopic (exact) mass is 305 g/mol. The van der Waals surface area contributed by atoms with E-state index in [9.17, 15) is 9.59 Å². The number of H-pyrrole nitrogens is 1. The van der Waals surface area contributed by atoms with E-state index in [1.165, 1.54) is 4.57 Å². The number of aryl methyl sites for hydroxylation is 2. The molecule has 0 aromatic carbocycles. The Morgan fingerprint density at radius 2 is 2.10 bits per heavy atom. The number of pyridine rings is 1. The summed E-state index contributed by atoms with van der Waals surface area (Å²) in [6, 6.07) is 3.40. The molecule has 0 saturated carbocycles. The van der Waals surface area contributed by atoms with E-state index in [-0.39, 0.29) is 11.1 Å². The number of hydrogen-bond donors (Lipinski definition) is 1. The predicted molar refractivity (Wildman–Crippen MR) is 85.3 cm³/mol. The average Bonchev–Trinajstić information content (AvgIpc) is 2.44. The van der Waals surface area contributed by atoms with Crippen LogP contribution in [0.3, 0.4) is 0 Å². The normalized spacial score (nSPS) is 10.8. The molecule has 2 heterocycles. The van der Waals surface area contributed by atoms with E-state index in [0.717, 1.165) is 24.9 Å². The van der Waals surface area contributed by atoms with Gasteiger partial charge in [0.25, 0.3) is 11.1 Å². The summed E-state index contributed by atoms with van der Waals surface area (Å²) >= 11 is 5.17. The predicted octanol–water partition coefficient (Wildman–Crippen LogP) is 2.00. The van der Waals surface area contributed by atoms with Crippen LogP contribution in [0.25, 0.3) is 0 Å². The molecule has 112 valence electrons. The average molecular weight is 305 g/mol. The summed E-state index contributed by atoms with van der Waals surface area (Å²) in [4.78, 5) is 26.3. The fourth-order valence-electron chi connectivity index (χ4n) is 2.09. The quantitative estimate of drug-likeness (QED) is 0.860. The molecule has 2 rings (SSSR count). The summed E-state index contributed by atoms with van der Waals surface area (Å²) in [7, 11) is 1.70. The van der Waals surface area contributed by atoms with Crippen molar-refractivity contribution >= 4 is 12.2 Å². The molecule has 2 aromatic rings. The molecule has 5 nitrogen and oxygen atoms in total. The first-order valence-electron chi connectivity index (χ1n) is 6.99. The molecule has 0 atom stereocenters. The molecule has 6 heteroatoms. The number of aromatic amines is 1. The summed E-state index contributed by atoms with van der Waals surface area (Å²) < 4.78 is 3.83. The molecule has 2 aromatic heterocycles. The zero-order chi connectivity index (χ0) is 15.4. The molecular weight excluding hydrogens is 286 g/mol. The minimum absolute atomic E-state index is 0.0809. The lowest BCUT2D eigenvalue weighted by atomic mass is 10.1. The van der Waals surface area contributed by atoms with E-state index >= 15 is 0 Å². The Morgan fingerprint density at radius 1 is 1.33 bits per heavy atom. The second-order valence-electron chi connectivity index (χ2n) is 5.12. The van der Waals surface area contributed by atoms with Crippen LogP contribution in [0.5, 0.6) is 0 Å². The van der Waals surface area contributed by atoms with Crippen molar-refractivity contribution in [1.82, 2.24) is 14.1 Å². The van der Waals surface area contributed by atoms with Crippen LogP contribution in [0.15, 0.2) is 34.1 Å². The number of nitrogens with one attached hydrogen (secondary N) is 1. The third kappa shape index (κ3) is 3.78. The first-order chi connectivity index (χ1) is 10.0. The highest BCUT2D eigenvalue weighted by Crippen LogP contribution is 2.04. The van der Waals surface area contributed by atoms with Gasteiger partial charge >= 0.3 is 0 Å². The van der Waals surface area contributed by atoms with Gasteiger partial charge in [0.2, 0.25) is 0 Å². The second-order valence-corrected chi connectivity index (χ2v) is 5.51. The van der Waals surface area contributed by atoms with Gasteiger partial charge in [0.05, 0.1) is 0 Å². The number of unbranched alkanes of at least 4 members (excludes halogenated alkanes) is 1. The van der Waals surface area contributed by atoms with Crippen molar-refractivity contribution in [3.05, 3.63) is 61.1 Å². The third-order valence-electron chi connectivity index (χ3n) is 3.40. The zero-order valence-corrected chi connectivity index (χ0v) is 13.1. The molecule has 21 heavy (non-hydrogen) atoms. The first kappa shape index (κ1) is 15.4. The van der Waals surface area contributed by atoms with Gasteiger partial charge in [0.15, 0.2) is 4.77 Å². The van der Waals surface area contributed by atoms with Crippen LogP contribution in [0.2, 0.25) is 0 Å². The fourth-order valence-corrected chi connectivity index (χ4v) is 2.33. The lowest BCUT2D eigenvalue weighted by molar-refractivity contribution is 0.605. The van der Waals surface area contributed by atoms with Crippen LogP contribution in [0.1, 0.15) is 30.9 Å². The van der Waals surface area contributed by atoms with Crippen molar-refractivity contribution in [2.45, 2.75) is 32.7 Å². The maximum Gasteiger partial charge on any atom is 0.255 e. The summed E-state index contributed by atoms with van der Waals surface area (Å²) in [5.41, 5.74) is 1.17. The maximum atomic E-state index is 12.0. The number of aromatic nitrogens is 3. The molecule has 0 aliphatic carbocycles. The van der Waals surface area contributed by atoms with E-state index in [0.29, 0.717) is 16.8 Å². The Hall–Kier alpha value is -1.95. The van der Waals surface area contributed by atoms with E-state index in [1.54, 1.807) is 25.5 Å². The first-order valence-corrected chi connectivity index (χ1v) is 7.40. The molecule has 0 spiro atoms. The highest BCUT2D eigenvalue weighted by Gasteiger charge is 2.05. The lowest BCUT2D eigenvalue weighted by Gasteiger charge is -2.09. The molecule has 0 bridgehead atoms. The van der Waals surface area contributed by atoms with Gasteiger partial charge in [0, 0.05) is 44.0 Å². The largest absolute Gasteiger partial charge is 0.325 e. The highest BCUT2D eigenvalue weighted by atomic mass is 32.1. The van der Waals surface area contributed by atoms with Crippen LogP contribution in [-0.2, 0) is 20.0 Å². The molecule has 0 saturated heterocycles. The summed E-state index contributed by atoms with van der Waals surface area (Å²) in [6.45, 7) is 2.89. The van der Waals surface area contributed by atoms with Gasteiger partial charge in [-0.1, -0.05) is 13.3 Å². The molecule has 0 aliphatic rings. The zero-order valence-electron chi connectivity index (χ0n) is 12.3. The highest BCUT2D eigenvalue weighted by molar-refractivity contribution is 7.71. The topological polar surface area (TPSA) is 59.8 Å². The summed E-state index contributed by atoms with van der Waals surface area (Å²) in [5, 5.41) is 0. The SMILES string of the molecule is CCCCn1cc(Cc2ccn(C)c(=O)c2)c(=O)[nH]c1=S. The van der Waals surface area contributed by atoms with Gasteiger partial charge < -0.3 is 9.13 Å². The minimum atomic E-state index is -0.187. The summed E-state index contributed by atoms with van der Waals surface area (Å²) in [6.07, 6.45) is 6.00. The molecule has 1 N–H and O–H groups in total. The van der Waals surface area contributed by atoms with Crippen LogP contribution < -0.4 is 11.1 Å². The number of hydrogen-bond acceptors (Lipinski definition) is 3. The second kappa shape index (κ2) is 6.67. The van der Waals surface area contributed by atoms with Gasteiger partial charge in [0.1, 0.15) is 0 Å². The standard InChI is InChI=1S/C15H19N3O2S/c1-3-4-6-18-10-12(14(20)16-15(18)21)8-11-5-7-17(2)13(19)9-11/h5,7,9-10H,3-4,6,8H2,1-2H3,(H,16,20,21). The molecule has 0 fully saturated rings. The Balaban J connectivity index is 2.34. The Labute approximate surface area is 127 Å². The fraction of sp³-hybridized carbons (Fsp3) is 0.400. The van der Waals surface area contributed by atoms with Crippen molar-refractivity contribution in [1.29, 1.82) is 0 Å². The van der Waals surface area contributed by atoms with Crippen molar-refractivity contribution in [2.24, 2.45) is 7.05 Å². The molecule has 0 unspecified atom stereocenters. The van der Waals surface area contributed by atoms with E-state index < -0.39 is 0 Å². The van der Waals surface area contributed by atoms with Crippen molar-refractivity contribution in [2.75, 3.05) is 0 Å². The van der Waals surface area contributed by atoms with E-state index in [4.69, 9.17) is 12.2 Å². The van der Waals surface area contributed by atoms with E-state index in [2.05, 4.69) is 11.9 Å². The Bertz CT molecular complexity index is 802. The Morgan fingerprint density at radius 3 is 2.76 bits per heavy atom. The summed E-state index contributed by atoms with van der Waals surface area (Å²) in [5.74, 6) is 0. The molecule has 0 amide bonds. The van der Waals surface area contributed by atoms with Crippen LogP contribution in [0, 0.1) is 4.77 Å². The van der Waals surface area contributed by atoms with Gasteiger partial charge in [-0.25, -0.2) is 0 Å². The van der Waals surface area contributed by atoms with Crippen molar-refractivity contribution in [3.63, 3.8) is 0 Å². The van der Waals surface area contributed by atoms with Crippen molar-refractivity contribution < 1.29 is 0 Å². The van der Waals surface area contributed by atoms with Crippen molar-refractivity contribution in [3.8, 4) is 0 Å². The molecule has 0 aliphatic heterocycles. The van der Waals surface area contributed by atoms with Crippen LogP contribution in [0.4, 0.5) is 0 Å². The van der Waals surface area contributed by atoms with Gasteiger partial charge in [-0.05, 0) is 30.3 Å². The van der Waals surface area contributed by atoms with Crippen LogP contribution >= 0.6 is 12.2 Å². The van der Waals surface area contributed by atoms with E-state index in [1.807, 2.05) is 10.6 Å². The number of nitrogens with zero attached hydrogens (tertiary/aromatic N) is 2. The minimum Gasteiger partial charge on any atom is -0.325 e. The number of rotatable bonds is 5. The van der Waals surface area contributed by atoms with Crippen LogP contribution in [-0.4, -0.2) is 14.1 Å². The van der Waals surface area contributed by atoms with Gasteiger partial charge in [-0.3, -0.25) is 14.6 Å². The van der Waals surface area contributed by atoms with Gasteiger partial charge in [-0.2, -0.15) is 0 Å².